The number of rotatable bonds is 6. The standard InChI is InChI=1S/C17H16BrFN2O3/c1-24-15-5-3-2-4-12(15)17(23)20-9-8-16(22)21-14-7-6-11(18)10-13(14)19/h2-7,10H,8-9H2,1H3,(H,20,23)(H,21,22). The van der Waals surface area contributed by atoms with Gasteiger partial charge in [-0.15, -0.1) is 0 Å². The molecule has 2 aromatic rings. The van der Waals surface area contributed by atoms with Crippen LogP contribution in [0.2, 0.25) is 0 Å². The average Bonchev–Trinajstić information content (AvgIpc) is 2.57. The number of carbonyl (C=O) groups is 2. The van der Waals surface area contributed by atoms with Crippen LogP contribution in [0.25, 0.3) is 0 Å². The van der Waals surface area contributed by atoms with Crippen molar-refractivity contribution in [3.63, 3.8) is 0 Å². The van der Waals surface area contributed by atoms with E-state index in [1.54, 1.807) is 30.3 Å². The van der Waals surface area contributed by atoms with Crippen molar-refractivity contribution in [3.05, 3.63) is 58.3 Å². The van der Waals surface area contributed by atoms with Gasteiger partial charge in [-0.3, -0.25) is 9.59 Å². The van der Waals surface area contributed by atoms with Crippen LogP contribution in [0.1, 0.15) is 16.8 Å². The third-order valence-corrected chi connectivity index (χ3v) is 3.69. The molecule has 0 aliphatic heterocycles. The first-order valence-corrected chi connectivity index (χ1v) is 7.96. The lowest BCUT2D eigenvalue weighted by molar-refractivity contribution is -0.116. The van der Waals surface area contributed by atoms with Crippen LogP contribution in [0.15, 0.2) is 46.9 Å². The van der Waals surface area contributed by atoms with Gasteiger partial charge in [0.15, 0.2) is 0 Å². The molecule has 0 saturated heterocycles. The van der Waals surface area contributed by atoms with E-state index in [9.17, 15) is 14.0 Å². The molecule has 0 spiro atoms. The number of amides is 2. The van der Waals surface area contributed by atoms with Crippen LogP contribution in [0.3, 0.4) is 0 Å². The molecule has 0 radical (unpaired) electrons. The first-order valence-electron chi connectivity index (χ1n) is 7.17. The number of methoxy groups -OCH3 is 1. The Morgan fingerprint density at radius 2 is 1.96 bits per heavy atom. The van der Waals surface area contributed by atoms with Gasteiger partial charge in [0, 0.05) is 17.4 Å². The van der Waals surface area contributed by atoms with Crippen molar-refractivity contribution in [3.8, 4) is 5.75 Å². The second kappa shape index (κ2) is 8.44. The van der Waals surface area contributed by atoms with Crippen LogP contribution in [0.5, 0.6) is 5.75 Å². The molecular weight excluding hydrogens is 379 g/mol. The Labute approximate surface area is 147 Å². The van der Waals surface area contributed by atoms with Crippen LogP contribution in [-0.4, -0.2) is 25.5 Å². The summed E-state index contributed by atoms with van der Waals surface area (Å²) in [5.41, 5.74) is 0.485. The minimum absolute atomic E-state index is 0.0242. The Morgan fingerprint density at radius 3 is 2.67 bits per heavy atom. The van der Waals surface area contributed by atoms with Crippen LogP contribution >= 0.6 is 15.9 Å². The summed E-state index contributed by atoms with van der Waals surface area (Å²) < 4.78 is 19.3. The normalized spacial score (nSPS) is 10.1. The molecule has 2 aromatic carbocycles. The van der Waals surface area contributed by atoms with Gasteiger partial charge in [-0.1, -0.05) is 28.1 Å². The summed E-state index contributed by atoms with van der Waals surface area (Å²) in [6.07, 6.45) is 0.0242. The van der Waals surface area contributed by atoms with E-state index >= 15 is 0 Å². The van der Waals surface area contributed by atoms with Crippen LogP contribution < -0.4 is 15.4 Å². The van der Waals surface area contributed by atoms with Crippen molar-refractivity contribution in [2.24, 2.45) is 0 Å². The molecule has 0 saturated carbocycles. The number of ether oxygens (including phenoxy) is 1. The fraction of sp³-hybridized carbons (Fsp3) is 0.176. The molecule has 0 aromatic heterocycles. The van der Waals surface area contributed by atoms with E-state index in [0.717, 1.165) is 0 Å². The third-order valence-electron chi connectivity index (χ3n) is 3.19. The molecule has 0 unspecified atom stereocenters. The van der Waals surface area contributed by atoms with Crippen LogP contribution in [0.4, 0.5) is 10.1 Å². The fourth-order valence-corrected chi connectivity index (χ4v) is 2.35. The second-order valence-electron chi connectivity index (χ2n) is 4.88. The molecule has 0 heterocycles. The van der Waals surface area contributed by atoms with E-state index < -0.39 is 11.7 Å². The Kier molecular flexibility index (Phi) is 6.31. The fourth-order valence-electron chi connectivity index (χ4n) is 2.02. The monoisotopic (exact) mass is 394 g/mol. The van der Waals surface area contributed by atoms with Gasteiger partial charge < -0.3 is 15.4 Å². The molecule has 5 nitrogen and oxygen atoms in total. The minimum Gasteiger partial charge on any atom is -0.496 e. The van der Waals surface area contributed by atoms with Crippen molar-refractivity contribution >= 4 is 33.4 Å². The lowest BCUT2D eigenvalue weighted by Crippen LogP contribution is -2.28. The van der Waals surface area contributed by atoms with E-state index in [1.165, 1.54) is 19.2 Å². The van der Waals surface area contributed by atoms with E-state index in [0.29, 0.717) is 15.8 Å². The molecule has 0 atom stereocenters. The molecule has 7 heteroatoms. The summed E-state index contributed by atoms with van der Waals surface area (Å²) >= 11 is 3.14. The average molecular weight is 395 g/mol. The van der Waals surface area contributed by atoms with Gasteiger partial charge in [0.25, 0.3) is 5.91 Å². The van der Waals surface area contributed by atoms with Crippen molar-refractivity contribution in [2.45, 2.75) is 6.42 Å². The van der Waals surface area contributed by atoms with Gasteiger partial charge in [-0.2, -0.15) is 0 Å². The summed E-state index contributed by atoms with van der Waals surface area (Å²) in [6, 6.07) is 11.1. The molecule has 0 aliphatic rings. The molecule has 0 fully saturated rings. The largest absolute Gasteiger partial charge is 0.496 e. The van der Waals surface area contributed by atoms with Gasteiger partial charge in [0.1, 0.15) is 11.6 Å². The van der Waals surface area contributed by atoms with Crippen LogP contribution in [0, 0.1) is 5.82 Å². The number of hydrogen-bond donors (Lipinski definition) is 2. The van der Waals surface area contributed by atoms with Gasteiger partial charge >= 0.3 is 0 Å². The van der Waals surface area contributed by atoms with Crippen molar-refractivity contribution < 1.29 is 18.7 Å². The molecule has 24 heavy (non-hydrogen) atoms. The lowest BCUT2D eigenvalue weighted by Gasteiger charge is -2.10. The maximum absolute atomic E-state index is 13.6. The third kappa shape index (κ3) is 4.79. The Hall–Kier alpha value is -2.41. The summed E-state index contributed by atoms with van der Waals surface area (Å²) in [7, 11) is 1.48. The highest BCUT2D eigenvalue weighted by Gasteiger charge is 2.12. The molecule has 2 rings (SSSR count). The van der Waals surface area contributed by atoms with E-state index in [2.05, 4.69) is 26.6 Å². The predicted molar refractivity (Wildman–Crippen MR) is 92.7 cm³/mol. The number of benzene rings is 2. The van der Waals surface area contributed by atoms with E-state index in [4.69, 9.17) is 4.74 Å². The van der Waals surface area contributed by atoms with Crippen molar-refractivity contribution in [1.29, 1.82) is 0 Å². The number of hydrogen-bond acceptors (Lipinski definition) is 3. The first-order chi connectivity index (χ1) is 11.5. The summed E-state index contributed by atoms with van der Waals surface area (Å²) in [5, 5.41) is 5.10. The molecule has 2 N–H and O–H groups in total. The van der Waals surface area contributed by atoms with Crippen LogP contribution in [-0.2, 0) is 4.79 Å². The zero-order valence-corrected chi connectivity index (χ0v) is 14.5. The number of nitrogens with one attached hydrogen (secondary N) is 2. The summed E-state index contributed by atoms with van der Waals surface area (Å²) in [4.78, 5) is 23.9. The first kappa shape index (κ1) is 17.9. The second-order valence-corrected chi connectivity index (χ2v) is 5.79. The Bertz CT molecular complexity index is 752. The number of halogens is 2. The van der Waals surface area contributed by atoms with Crippen molar-refractivity contribution in [1.82, 2.24) is 5.32 Å². The Morgan fingerprint density at radius 1 is 1.21 bits per heavy atom. The van der Waals surface area contributed by atoms with E-state index in [-0.39, 0.29) is 24.6 Å². The van der Waals surface area contributed by atoms with Gasteiger partial charge in [0.2, 0.25) is 5.91 Å². The molecule has 0 bridgehead atoms. The van der Waals surface area contributed by atoms with Gasteiger partial charge in [-0.05, 0) is 30.3 Å². The molecule has 126 valence electrons. The molecule has 0 aliphatic carbocycles. The zero-order chi connectivity index (χ0) is 17.5. The predicted octanol–water partition coefficient (Wildman–Crippen LogP) is 3.36. The smallest absolute Gasteiger partial charge is 0.255 e. The number of anilines is 1. The highest BCUT2D eigenvalue weighted by molar-refractivity contribution is 9.10. The topological polar surface area (TPSA) is 67.4 Å². The molecule has 2 amide bonds. The lowest BCUT2D eigenvalue weighted by atomic mass is 10.2. The van der Waals surface area contributed by atoms with Gasteiger partial charge in [0.05, 0.1) is 18.4 Å². The molecular formula is C17H16BrFN2O3. The number of para-hydroxylation sites is 1. The summed E-state index contributed by atoms with van der Waals surface area (Å²) in [6.45, 7) is 0.126. The maximum Gasteiger partial charge on any atom is 0.255 e. The quantitative estimate of drug-likeness (QED) is 0.789. The SMILES string of the molecule is COc1ccccc1C(=O)NCCC(=O)Nc1ccc(Br)cc1F. The van der Waals surface area contributed by atoms with E-state index in [1.807, 2.05) is 0 Å². The highest BCUT2D eigenvalue weighted by Crippen LogP contribution is 2.19. The van der Waals surface area contributed by atoms with Crippen molar-refractivity contribution in [2.75, 3.05) is 19.0 Å². The zero-order valence-electron chi connectivity index (χ0n) is 12.9. The number of carbonyl (C=O) groups excluding carboxylic acids is 2. The highest BCUT2D eigenvalue weighted by atomic mass is 79.9. The minimum atomic E-state index is -0.532. The maximum atomic E-state index is 13.6. The summed E-state index contributed by atoms with van der Waals surface area (Å²) in [5.74, 6) is -0.807. The Balaban J connectivity index is 1.85. The van der Waals surface area contributed by atoms with Gasteiger partial charge in [-0.25, -0.2) is 4.39 Å².